The molecule has 0 saturated carbocycles. The van der Waals surface area contributed by atoms with Crippen molar-refractivity contribution in [3.8, 4) is 10.6 Å². The molecule has 3 aliphatic heterocycles. The van der Waals surface area contributed by atoms with Crippen molar-refractivity contribution in [3.05, 3.63) is 40.7 Å². The second-order valence-electron chi connectivity index (χ2n) is 8.85. The summed E-state index contributed by atoms with van der Waals surface area (Å²) in [6.45, 7) is 9.76. The molecule has 5 rings (SSSR count). The van der Waals surface area contributed by atoms with Crippen LogP contribution in [0.1, 0.15) is 25.0 Å². The zero-order valence-corrected chi connectivity index (χ0v) is 24.0. The largest absolute Gasteiger partial charge is 1.00 e. The molecule has 0 aromatic heterocycles. The smallest absolute Gasteiger partial charge is 0.277 e. The number of hydrogen-bond donors (Lipinski definition) is 1. The summed E-state index contributed by atoms with van der Waals surface area (Å²) < 4.78 is 33.7. The highest BCUT2D eigenvalue weighted by molar-refractivity contribution is 7.86. The van der Waals surface area contributed by atoms with Gasteiger partial charge in [-0.1, -0.05) is 13.8 Å². The molecule has 0 radical (unpaired) electrons. The maximum Gasteiger partial charge on any atom is 0.277 e. The summed E-state index contributed by atoms with van der Waals surface area (Å²) in [7, 11) is -3.64. The number of hydrogen-bond acceptors (Lipinski definition) is 6. The molecule has 11 heteroatoms. The molecule has 35 heavy (non-hydrogen) atoms. The van der Waals surface area contributed by atoms with Crippen molar-refractivity contribution in [2.24, 2.45) is 5.14 Å². The van der Waals surface area contributed by atoms with Crippen molar-refractivity contribution in [1.82, 2.24) is 13.9 Å². The van der Waals surface area contributed by atoms with Crippen LogP contribution in [0.2, 0.25) is 0 Å². The number of piperazine rings is 1. The van der Waals surface area contributed by atoms with Gasteiger partial charge < -0.3 is 33.6 Å². The van der Waals surface area contributed by atoms with Gasteiger partial charge in [0.2, 0.25) is 5.36 Å². The van der Waals surface area contributed by atoms with Crippen molar-refractivity contribution in [2.45, 2.75) is 26.7 Å². The number of nitrogens with zero attached hydrogens (tertiary/aromatic N) is 4. The van der Waals surface area contributed by atoms with Crippen LogP contribution in [0.3, 0.4) is 0 Å². The van der Waals surface area contributed by atoms with Crippen LogP contribution in [0.4, 0.5) is 5.69 Å². The van der Waals surface area contributed by atoms with E-state index in [0.29, 0.717) is 26.2 Å². The van der Waals surface area contributed by atoms with Gasteiger partial charge in [0.15, 0.2) is 13.1 Å². The van der Waals surface area contributed by atoms with Crippen molar-refractivity contribution in [1.29, 1.82) is 0 Å². The fraction of sp³-hybridized carbons (Fsp3) is 0.500. The van der Waals surface area contributed by atoms with Gasteiger partial charge in [0, 0.05) is 30.9 Å². The molecule has 0 atom stereocenters. The molecule has 0 bridgehead atoms. The Hall–Kier alpha value is -1.38. The topological polar surface area (TPSA) is 91.8 Å². The number of fused-ring (bicyclic) bond motifs is 2. The molecule has 1 aliphatic carbocycles. The summed E-state index contributed by atoms with van der Waals surface area (Å²) in [5.74, 6) is 0. The van der Waals surface area contributed by atoms with Crippen LogP contribution < -0.4 is 43.9 Å². The highest BCUT2D eigenvalue weighted by Gasteiger charge is 2.27. The Morgan fingerprint density at radius 2 is 1.71 bits per heavy atom. The van der Waals surface area contributed by atoms with Gasteiger partial charge in [0.05, 0.1) is 47.1 Å². The van der Waals surface area contributed by atoms with Crippen LogP contribution >= 0.6 is 11.3 Å². The predicted molar refractivity (Wildman–Crippen MR) is 138 cm³/mol. The molecule has 2 N–H and O–H groups in total. The van der Waals surface area contributed by atoms with Crippen molar-refractivity contribution < 1.29 is 37.1 Å². The minimum absolute atomic E-state index is 0. The number of ether oxygens (including phenoxy) is 1. The van der Waals surface area contributed by atoms with E-state index in [9.17, 15) is 8.42 Å². The molecule has 0 spiro atoms. The standard InChI is InChI=1S/C24H32N5O3S2.HI/c1-3-17-13-19(27-5-7-29(8-6-27)34(25,30)31)15-21-23(17)26-24-18(4-2)14-20(16-22(24)33-21)28-9-11-32-12-10-28;/h13-16H,3-12H2,1-2H3,(H2,25,30,31);1H/q+1;/p-1. The predicted octanol–water partition coefficient (Wildman–Crippen LogP) is -1.34. The van der Waals surface area contributed by atoms with E-state index in [1.807, 2.05) is 0 Å². The summed E-state index contributed by atoms with van der Waals surface area (Å²) in [5, 5.41) is 6.44. The van der Waals surface area contributed by atoms with Gasteiger partial charge in [-0.15, -0.1) is 11.3 Å². The maximum absolute atomic E-state index is 11.7. The maximum atomic E-state index is 11.7. The molecule has 3 heterocycles. The number of aromatic nitrogens is 1. The second-order valence-corrected chi connectivity index (χ2v) is 11.5. The Morgan fingerprint density at radius 1 is 1.03 bits per heavy atom. The zero-order chi connectivity index (χ0) is 23.9. The quantitative estimate of drug-likeness (QED) is 0.219. The van der Waals surface area contributed by atoms with E-state index in [0.717, 1.165) is 60.6 Å². The summed E-state index contributed by atoms with van der Waals surface area (Å²) in [5.41, 5.74) is 5.92. The monoisotopic (exact) mass is 629 g/mol. The lowest BCUT2D eigenvalue weighted by atomic mass is 10.1. The number of morpholine rings is 1. The average molecular weight is 630 g/mol. The lowest BCUT2D eigenvalue weighted by Crippen LogP contribution is -3.00. The van der Waals surface area contributed by atoms with Gasteiger partial charge in [0.1, 0.15) is 0 Å². The lowest BCUT2D eigenvalue weighted by molar-refractivity contribution is -0.0000104. The number of nitrogens with two attached hydrogens (primary N) is 1. The molecule has 0 unspecified atom stereocenters. The molecule has 2 fully saturated rings. The first-order valence-electron chi connectivity index (χ1n) is 12.0. The molecule has 2 saturated heterocycles. The first-order valence-corrected chi connectivity index (χ1v) is 14.3. The van der Waals surface area contributed by atoms with Crippen molar-refractivity contribution in [2.75, 3.05) is 57.4 Å². The summed E-state index contributed by atoms with van der Waals surface area (Å²) in [6.07, 6.45) is 1.83. The Balaban J connectivity index is 0.00000289. The van der Waals surface area contributed by atoms with E-state index >= 15 is 0 Å². The fourth-order valence-electron chi connectivity index (χ4n) is 4.87. The van der Waals surface area contributed by atoms with Gasteiger partial charge in [-0.25, -0.2) is 14.7 Å². The molecule has 190 valence electrons. The van der Waals surface area contributed by atoms with E-state index in [-0.39, 0.29) is 24.0 Å². The van der Waals surface area contributed by atoms with Gasteiger partial charge in [-0.3, -0.25) is 0 Å². The Morgan fingerprint density at radius 3 is 2.34 bits per heavy atom. The first-order chi connectivity index (χ1) is 16.4. The lowest BCUT2D eigenvalue weighted by Gasteiger charge is -2.29. The molecule has 0 amide bonds. The van der Waals surface area contributed by atoms with Gasteiger partial charge in [-0.2, -0.15) is 12.7 Å². The second kappa shape index (κ2) is 10.9. The Bertz CT molecular complexity index is 1360. The third-order valence-corrected chi connectivity index (χ3v) is 8.97. The van der Waals surface area contributed by atoms with E-state index < -0.39 is 10.2 Å². The number of halogens is 1. The van der Waals surface area contributed by atoms with Crippen LogP contribution in [0.25, 0.3) is 20.8 Å². The summed E-state index contributed by atoms with van der Waals surface area (Å²) >= 11 is 1.80. The van der Waals surface area contributed by atoms with Crippen LogP contribution in [0.5, 0.6) is 0 Å². The number of anilines is 1. The fourth-order valence-corrected chi connectivity index (χ4v) is 6.68. The van der Waals surface area contributed by atoms with E-state index in [1.54, 1.807) is 11.3 Å². The van der Waals surface area contributed by atoms with E-state index in [1.165, 1.54) is 25.8 Å². The zero-order valence-electron chi connectivity index (χ0n) is 20.2. The highest BCUT2D eigenvalue weighted by atomic mass is 127. The first kappa shape index (κ1) is 26.7. The minimum Gasteiger partial charge on any atom is -1.00 e. The van der Waals surface area contributed by atoms with Gasteiger partial charge in [-0.05, 0) is 36.1 Å². The normalized spacial score (nSPS) is 17.7. The molecule has 1 aromatic rings. The number of benzene rings is 2. The van der Waals surface area contributed by atoms with Gasteiger partial charge >= 0.3 is 0 Å². The van der Waals surface area contributed by atoms with E-state index in [4.69, 9.17) is 14.9 Å². The Kier molecular flexibility index (Phi) is 8.33. The van der Waals surface area contributed by atoms with E-state index in [2.05, 4.69) is 47.6 Å². The van der Waals surface area contributed by atoms with Crippen molar-refractivity contribution in [3.63, 3.8) is 0 Å². The van der Waals surface area contributed by atoms with Crippen LogP contribution in [-0.2, 0) is 27.8 Å². The van der Waals surface area contributed by atoms with Crippen molar-refractivity contribution >= 4 is 37.5 Å². The molecular weight excluding hydrogens is 597 g/mol. The average Bonchev–Trinajstić information content (AvgIpc) is 2.86. The summed E-state index contributed by atoms with van der Waals surface area (Å²) in [4.78, 5) is 8.75. The highest BCUT2D eigenvalue weighted by Crippen LogP contribution is 2.36. The van der Waals surface area contributed by atoms with Crippen LogP contribution in [0.15, 0.2) is 24.3 Å². The number of aryl methyl sites for hydroxylation is 2. The minimum atomic E-state index is -3.64. The van der Waals surface area contributed by atoms with Crippen LogP contribution in [-0.4, -0.2) is 70.2 Å². The SMILES string of the molecule is CCc1cc(=[N+]2CCN(S(N)(=O)=O)CC2)cc2sc3cc(N4CCOCC4)cc(CC)c3nc1-2.[I-]. The molecule has 1 aromatic carbocycles. The van der Waals surface area contributed by atoms with Gasteiger partial charge in [0.25, 0.3) is 10.2 Å². The third kappa shape index (κ3) is 5.49. The third-order valence-electron chi connectivity index (χ3n) is 6.82. The number of rotatable bonds is 4. The Labute approximate surface area is 228 Å². The van der Waals surface area contributed by atoms with Crippen LogP contribution in [0, 0.1) is 0 Å². The molecule has 8 nitrogen and oxygen atoms in total. The summed E-state index contributed by atoms with van der Waals surface area (Å²) in [6, 6.07) is 9.00. The molecule has 4 aliphatic rings. The molecular formula is C24H32IN5O3S2.